The Morgan fingerprint density at radius 2 is 2.55 bits per heavy atom. The van der Waals surface area contributed by atoms with E-state index in [1.165, 1.54) is 4.88 Å². The average Bonchev–Trinajstić information content (AvgIpc) is 2.60. The van der Waals surface area contributed by atoms with E-state index in [2.05, 4.69) is 26.7 Å². The lowest BCUT2D eigenvalue weighted by Gasteiger charge is -1.86. The van der Waals surface area contributed by atoms with Gasteiger partial charge in [-0.05, 0) is 11.4 Å². The highest BCUT2D eigenvalue weighted by Gasteiger charge is 1.99. The summed E-state index contributed by atoms with van der Waals surface area (Å²) in [5.74, 6) is 0.743. The van der Waals surface area contributed by atoms with Gasteiger partial charge in [0.2, 0.25) is 0 Å². The fraction of sp³-hybridized carbons (Fsp3) is 0.167. The van der Waals surface area contributed by atoms with Crippen molar-refractivity contribution in [3.05, 3.63) is 28.2 Å². The van der Waals surface area contributed by atoms with E-state index in [1.54, 1.807) is 11.3 Å². The zero-order valence-electron chi connectivity index (χ0n) is 5.69. The minimum absolute atomic E-state index is 0.743. The highest BCUT2D eigenvalue weighted by molar-refractivity contribution is 7.09. The molecule has 2 aromatic rings. The summed E-state index contributed by atoms with van der Waals surface area (Å²) in [6.45, 7) is 0. The maximum absolute atomic E-state index is 3.85. The van der Waals surface area contributed by atoms with Gasteiger partial charge in [-0.3, -0.25) is 0 Å². The molecule has 0 fully saturated rings. The maximum Gasteiger partial charge on any atom is 0.179 e. The summed E-state index contributed by atoms with van der Waals surface area (Å²) in [6, 6.07) is 4.07. The number of hydrogen-bond donors (Lipinski definition) is 1. The number of tetrazole rings is 1. The topological polar surface area (TPSA) is 54.5 Å². The lowest BCUT2D eigenvalue weighted by molar-refractivity contribution is 0.881. The van der Waals surface area contributed by atoms with Gasteiger partial charge in [0, 0.05) is 11.3 Å². The molecule has 0 unspecified atom stereocenters. The summed E-state index contributed by atoms with van der Waals surface area (Å²) in [5.41, 5.74) is 0. The van der Waals surface area contributed by atoms with Crippen LogP contribution in [-0.2, 0) is 6.42 Å². The number of H-pyrrole nitrogens is 1. The molecule has 56 valence electrons. The smallest absolute Gasteiger partial charge is 0.177 e. The van der Waals surface area contributed by atoms with Crippen LogP contribution in [0.25, 0.3) is 0 Å². The molecule has 0 spiro atoms. The number of hydrogen-bond acceptors (Lipinski definition) is 4. The molecule has 0 atom stereocenters. The van der Waals surface area contributed by atoms with Gasteiger partial charge in [-0.2, -0.15) is 5.21 Å². The molecule has 2 aromatic heterocycles. The van der Waals surface area contributed by atoms with Gasteiger partial charge < -0.3 is 0 Å². The van der Waals surface area contributed by atoms with Crippen molar-refractivity contribution in [2.75, 3.05) is 0 Å². The Kier molecular flexibility index (Phi) is 1.64. The molecule has 11 heavy (non-hydrogen) atoms. The number of aromatic amines is 1. The second kappa shape index (κ2) is 2.79. The van der Waals surface area contributed by atoms with Gasteiger partial charge in [0.05, 0.1) is 0 Å². The van der Waals surface area contributed by atoms with Gasteiger partial charge in [-0.15, -0.1) is 21.5 Å². The minimum atomic E-state index is 0.743. The zero-order valence-corrected chi connectivity index (χ0v) is 6.51. The van der Waals surface area contributed by atoms with Crippen LogP contribution in [0.1, 0.15) is 10.7 Å². The summed E-state index contributed by atoms with van der Waals surface area (Å²) in [5, 5.41) is 15.6. The highest BCUT2D eigenvalue weighted by Crippen LogP contribution is 2.10. The Bertz CT molecular complexity index is 267. The second-order valence-electron chi connectivity index (χ2n) is 2.08. The first-order valence-corrected chi connectivity index (χ1v) is 4.08. The molecule has 0 saturated carbocycles. The van der Waals surface area contributed by atoms with Crippen molar-refractivity contribution in [3.63, 3.8) is 0 Å². The SMILES string of the molecule is c1csc(Cc2nn[nH]n2)c1. The Labute approximate surface area is 67.3 Å². The summed E-state index contributed by atoms with van der Waals surface area (Å²) in [4.78, 5) is 1.26. The van der Waals surface area contributed by atoms with E-state index >= 15 is 0 Å². The largest absolute Gasteiger partial charge is 0.179 e. The molecule has 5 heteroatoms. The monoisotopic (exact) mass is 166 g/mol. The lowest BCUT2D eigenvalue weighted by atomic mass is 10.3. The Hall–Kier alpha value is -1.23. The molecule has 0 aliphatic carbocycles. The Balaban J connectivity index is 2.14. The quantitative estimate of drug-likeness (QED) is 0.719. The molecule has 0 bridgehead atoms. The Morgan fingerprint density at radius 1 is 1.55 bits per heavy atom. The maximum atomic E-state index is 3.85. The second-order valence-corrected chi connectivity index (χ2v) is 3.12. The predicted molar refractivity (Wildman–Crippen MR) is 41.3 cm³/mol. The molecule has 4 nitrogen and oxygen atoms in total. The first kappa shape index (κ1) is 6.48. The summed E-state index contributed by atoms with van der Waals surface area (Å²) < 4.78 is 0. The van der Waals surface area contributed by atoms with E-state index in [0.29, 0.717) is 0 Å². The van der Waals surface area contributed by atoms with Gasteiger partial charge in [0.25, 0.3) is 0 Å². The molecule has 0 amide bonds. The summed E-state index contributed by atoms with van der Waals surface area (Å²) in [7, 11) is 0. The standard InChI is InChI=1S/C6H6N4S/c1-2-5(11-3-1)4-6-7-9-10-8-6/h1-3H,4H2,(H,7,8,9,10). The number of rotatable bonds is 2. The third-order valence-electron chi connectivity index (χ3n) is 1.30. The molecular weight excluding hydrogens is 160 g/mol. The van der Waals surface area contributed by atoms with Crippen molar-refractivity contribution in [3.8, 4) is 0 Å². The van der Waals surface area contributed by atoms with Crippen molar-refractivity contribution >= 4 is 11.3 Å². The normalized spacial score (nSPS) is 10.2. The van der Waals surface area contributed by atoms with Gasteiger partial charge in [0.15, 0.2) is 5.82 Å². The molecule has 1 N–H and O–H groups in total. The van der Waals surface area contributed by atoms with Crippen LogP contribution in [0.5, 0.6) is 0 Å². The highest BCUT2D eigenvalue weighted by atomic mass is 32.1. The number of nitrogens with zero attached hydrogens (tertiary/aromatic N) is 3. The lowest BCUT2D eigenvalue weighted by Crippen LogP contribution is -1.86. The van der Waals surface area contributed by atoms with E-state index in [1.807, 2.05) is 11.4 Å². The predicted octanol–water partition coefficient (Wildman–Crippen LogP) is 0.852. The average molecular weight is 166 g/mol. The van der Waals surface area contributed by atoms with Crippen molar-refractivity contribution in [2.24, 2.45) is 0 Å². The van der Waals surface area contributed by atoms with Crippen molar-refractivity contribution in [2.45, 2.75) is 6.42 Å². The molecule has 0 aromatic carbocycles. The van der Waals surface area contributed by atoms with E-state index in [9.17, 15) is 0 Å². The fourth-order valence-electron chi connectivity index (χ4n) is 0.826. The fourth-order valence-corrected chi connectivity index (χ4v) is 1.53. The molecule has 2 rings (SSSR count). The first-order chi connectivity index (χ1) is 5.45. The summed E-state index contributed by atoms with van der Waals surface area (Å²) >= 11 is 1.70. The van der Waals surface area contributed by atoms with Gasteiger partial charge in [-0.1, -0.05) is 11.3 Å². The van der Waals surface area contributed by atoms with Gasteiger partial charge >= 0.3 is 0 Å². The molecule has 0 aliphatic rings. The number of nitrogens with one attached hydrogen (secondary N) is 1. The van der Waals surface area contributed by atoms with Crippen molar-refractivity contribution in [1.29, 1.82) is 0 Å². The van der Waals surface area contributed by atoms with E-state index < -0.39 is 0 Å². The molecule has 0 radical (unpaired) electrons. The van der Waals surface area contributed by atoms with Crippen molar-refractivity contribution in [1.82, 2.24) is 20.6 Å². The number of thiophene rings is 1. The van der Waals surface area contributed by atoms with Gasteiger partial charge in [-0.25, -0.2) is 0 Å². The van der Waals surface area contributed by atoms with Crippen LogP contribution in [-0.4, -0.2) is 20.6 Å². The molecule has 2 heterocycles. The van der Waals surface area contributed by atoms with Crippen LogP contribution >= 0.6 is 11.3 Å². The van der Waals surface area contributed by atoms with E-state index in [0.717, 1.165) is 12.2 Å². The van der Waals surface area contributed by atoms with Gasteiger partial charge in [0.1, 0.15) is 0 Å². The van der Waals surface area contributed by atoms with Crippen molar-refractivity contribution < 1.29 is 0 Å². The summed E-state index contributed by atoms with van der Waals surface area (Å²) in [6.07, 6.45) is 0.772. The Morgan fingerprint density at radius 3 is 3.18 bits per heavy atom. The third-order valence-corrected chi connectivity index (χ3v) is 2.18. The number of aromatic nitrogens is 4. The van der Waals surface area contributed by atoms with E-state index in [-0.39, 0.29) is 0 Å². The zero-order chi connectivity index (χ0) is 7.52. The van der Waals surface area contributed by atoms with Crippen LogP contribution < -0.4 is 0 Å². The molecule has 0 saturated heterocycles. The van der Waals surface area contributed by atoms with Crippen LogP contribution in [0.3, 0.4) is 0 Å². The van der Waals surface area contributed by atoms with Crippen LogP contribution in [0.4, 0.5) is 0 Å². The van der Waals surface area contributed by atoms with E-state index in [4.69, 9.17) is 0 Å². The third kappa shape index (κ3) is 1.43. The first-order valence-electron chi connectivity index (χ1n) is 3.20. The molecule has 0 aliphatic heterocycles. The minimum Gasteiger partial charge on any atom is -0.177 e. The van der Waals surface area contributed by atoms with Crippen LogP contribution in [0, 0.1) is 0 Å². The van der Waals surface area contributed by atoms with Crippen LogP contribution in [0.15, 0.2) is 17.5 Å². The molecular formula is C6H6N4S. The van der Waals surface area contributed by atoms with Crippen LogP contribution in [0.2, 0.25) is 0 Å².